The van der Waals surface area contributed by atoms with Gasteiger partial charge in [-0.05, 0) is 38.0 Å². The van der Waals surface area contributed by atoms with Crippen molar-refractivity contribution in [2.75, 3.05) is 0 Å². The molecule has 2 atom stereocenters. The highest BCUT2D eigenvalue weighted by Crippen LogP contribution is 2.29. The summed E-state index contributed by atoms with van der Waals surface area (Å²) in [7, 11) is 0. The first-order valence-corrected chi connectivity index (χ1v) is 4.63. The van der Waals surface area contributed by atoms with Crippen molar-refractivity contribution in [2.24, 2.45) is 5.92 Å². The Hall–Kier alpha value is -0.300. The summed E-state index contributed by atoms with van der Waals surface area (Å²) in [6.45, 7) is 3.68. The third-order valence-corrected chi connectivity index (χ3v) is 2.60. The molecule has 0 spiro atoms. The molecule has 1 fully saturated rings. The molecule has 0 aromatic heterocycles. The van der Waals surface area contributed by atoms with E-state index in [0.29, 0.717) is 5.92 Å². The summed E-state index contributed by atoms with van der Waals surface area (Å²) in [4.78, 5) is 0. The fourth-order valence-electron chi connectivity index (χ4n) is 1.88. The zero-order valence-corrected chi connectivity index (χ0v) is 7.13. The van der Waals surface area contributed by atoms with Gasteiger partial charge in [0, 0.05) is 0 Å². The van der Waals surface area contributed by atoms with E-state index in [-0.39, 0.29) is 6.10 Å². The van der Waals surface area contributed by atoms with Crippen molar-refractivity contribution in [1.29, 1.82) is 0 Å². The van der Waals surface area contributed by atoms with Crippen molar-refractivity contribution in [3.05, 3.63) is 12.7 Å². The minimum atomic E-state index is -0.000171. The standard InChI is InChI=1S/C10H18O/c1-2-3-4-6-9-7-5-8-10(9)11/h2,9-11H,1,3-8H2/t9-,10-/m0/s1. The van der Waals surface area contributed by atoms with E-state index in [4.69, 9.17) is 0 Å². The maximum absolute atomic E-state index is 9.46. The molecule has 11 heavy (non-hydrogen) atoms. The summed E-state index contributed by atoms with van der Waals surface area (Å²) in [5.41, 5.74) is 0. The van der Waals surface area contributed by atoms with Gasteiger partial charge in [0.25, 0.3) is 0 Å². The predicted octanol–water partition coefficient (Wildman–Crippen LogP) is 2.50. The van der Waals surface area contributed by atoms with Gasteiger partial charge < -0.3 is 5.11 Å². The van der Waals surface area contributed by atoms with Gasteiger partial charge in [-0.3, -0.25) is 0 Å². The fourth-order valence-corrected chi connectivity index (χ4v) is 1.88. The van der Waals surface area contributed by atoms with Gasteiger partial charge in [-0.15, -0.1) is 6.58 Å². The summed E-state index contributed by atoms with van der Waals surface area (Å²) >= 11 is 0. The number of hydrogen-bond acceptors (Lipinski definition) is 1. The first kappa shape index (κ1) is 8.79. The van der Waals surface area contributed by atoms with Crippen LogP contribution in [0.25, 0.3) is 0 Å². The lowest BCUT2D eigenvalue weighted by Gasteiger charge is -2.12. The van der Waals surface area contributed by atoms with Crippen LogP contribution in [0.4, 0.5) is 0 Å². The molecule has 0 amide bonds. The van der Waals surface area contributed by atoms with Gasteiger partial charge in [-0.2, -0.15) is 0 Å². The molecule has 0 heterocycles. The molecular weight excluding hydrogens is 136 g/mol. The van der Waals surface area contributed by atoms with Crippen LogP contribution >= 0.6 is 0 Å². The largest absolute Gasteiger partial charge is 0.393 e. The zero-order chi connectivity index (χ0) is 8.10. The molecule has 0 unspecified atom stereocenters. The van der Waals surface area contributed by atoms with Crippen LogP contribution in [0.1, 0.15) is 38.5 Å². The highest BCUT2D eigenvalue weighted by Gasteiger charge is 2.23. The van der Waals surface area contributed by atoms with Crippen LogP contribution in [0.2, 0.25) is 0 Å². The molecule has 1 saturated carbocycles. The van der Waals surface area contributed by atoms with Crippen molar-refractivity contribution >= 4 is 0 Å². The first-order chi connectivity index (χ1) is 5.34. The van der Waals surface area contributed by atoms with E-state index in [1.165, 1.54) is 25.7 Å². The van der Waals surface area contributed by atoms with Crippen molar-refractivity contribution in [3.63, 3.8) is 0 Å². The van der Waals surface area contributed by atoms with Crippen molar-refractivity contribution < 1.29 is 5.11 Å². The number of hydrogen-bond donors (Lipinski definition) is 1. The molecule has 64 valence electrons. The highest BCUT2D eigenvalue weighted by molar-refractivity contribution is 4.77. The number of unbranched alkanes of at least 4 members (excludes halogenated alkanes) is 1. The third kappa shape index (κ3) is 2.66. The third-order valence-electron chi connectivity index (χ3n) is 2.60. The summed E-state index contributed by atoms with van der Waals surface area (Å²) in [5.74, 6) is 0.593. The highest BCUT2D eigenvalue weighted by atomic mass is 16.3. The zero-order valence-electron chi connectivity index (χ0n) is 7.13. The molecule has 0 aromatic rings. The molecule has 0 aliphatic heterocycles. The molecule has 1 heteroatoms. The van der Waals surface area contributed by atoms with Crippen LogP contribution in [0.15, 0.2) is 12.7 Å². The Kier molecular flexibility index (Phi) is 3.64. The lowest BCUT2D eigenvalue weighted by atomic mass is 9.99. The molecule has 1 N–H and O–H groups in total. The Morgan fingerprint density at radius 2 is 2.27 bits per heavy atom. The van der Waals surface area contributed by atoms with E-state index in [2.05, 4.69) is 6.58 Å². The molecule has 1 rings (SSSR count). The van der Waals surface area contributed by atoms with E-state index in [1.807, 2.05) is 6.08 Å². The topological polar surface area (TPSA) is 20.2 Å². The smallest absolute Gasteiger partial charge is 0.0568 e. The summed E-state index contributed by atoms with van der Waals surface area (Å²) in [6.07, 6.45) is 8.93. The fraction of sp³-hybridized carbons (Fsp3) is 0.800. The number of rotatable bonds is 4. The lowest BCUT2D eigenvalue weighted by Crippen LogP contribution is -2.12. The van der Waals surface area contributed by atoms with E-state index in [1.54, 1.807) is 0 Å². The van der Waals surface area contributed by atoms with Gasteiger partial charge in [-0.25, -0.2) is 0 Å². The monoisotopic (exact) mass is 154 g/mol. The van der Waals surface area contributed by atoms with Crippen LogP contribution in [0.5, 0.6) is 0 Å². The second-order valence-corrected chi connectivity index (χ2v) is 3.48. The van der Waals surface area contributed by atoms with Gasteiger partial charge in [0.2, 0.25) is 0 Å². The van der Waals surface area contributed by atoms with Gasteiger partial charge in [0.05, 0.1) is 6.10 Å². The molecule has 1 aliphatic carbocycles. The van der Waals surface area contributed by atoms with Gasteiger partial charge in [0.1, 0.15) is 0 Å². The second kappa shape index (κ2) is 4.55. The van der Waals surface area contributed by atoms with Crippen LogP contribution < -0.4 is 0 Å². The molecule has 0 radical (unpaired) electrons. The molecule has 0 aromatic carbocycles. The Balaban J connectivity index is 2.10. The maximum atomic E-state index is 9.46. The minimum Gasteiger partial charge on any atom is -0.393 e. The first-order valence-electron chi connectivity index (χ1n) is 4.63. The maximum Gasteiger partial charge on any atom is 0.0568 e. The minimum absolute atomic E-state index is 0.000171. The van der Waals surface area contributed by atoms with E-state index < -0.39 is 0 Å². The second-order valence-electron chi connectivity index (χ2n) is 3.48. The SMILES string of the molecule is C=CCCC[C@H]1CCC[C@@H]1O. The Bertz CT molecular complexity index is 120. The molecular formula is C10H18O. The van der Waals surface area contributed by atoms with Crippen LogP contribution in [-0.4, -0.2) is 11.2 Å². The average Bonchev–Trinajstić information content (AvgIpc) is 2.37. The number of allylic oxidation sites excluding steroid dienone is 1. The van der Waals surface area contributed by atoms with Crippen LogP contribution in [-0.2, 0) is 0 Å². The summed E-state index contributed by atoms with van der Waals surface area (Å²) in [5, 5.41) is 9.46. The van der Waals surface area contributed by atoms with E-state index in [9.17, 15) is 5.11 Å². The summed E-state index contributed by atoms with van der Waals surface area (Å²) in [6, 6.07) is 0. The molecule has 1 aliphatic rings. The normalized spacial score (nSPS) is 30.6. The quantitative estimate of drug-likeness (QED) is 0.487. The Morgan fingerprint density at radius 1 is 1.45 bits per heavy atom. The van der Waals surface area contributed by atoms with Crippen LogP contribution in [0.3, 0.4) is 0 Å². The molecule has 1 nitrogen and oxygen atoms in total. The van der Waals surface area contributed by atoms with Crippen LogP contribution in [0, 0.1) is 5.92 Å². The Labute approximate surface area is 69.1 Å². The van der Waals surface area contributed by atoms with E-state index in [0.717, 1.165) is 12.8 Å². The Morgan fingerprint density at radius 3 is 2.82 bits per heavy atom. The van der Waals surface area contributed by atoms with Gasteiger partial charge in [0.15, 0.2) is 0 Å². The average molecular weight is 154 g/mol. The lowest BCUT2D eigenvalue weighted by molar-refractivity contribution is 0.127. The number of aliphatic hydroxyl groups excluding tert-OH is 1. The van der Waals surface area contributed by atoms with E-state index >= 15 is 0 Å². The van der Waals surface area contributed by atoms with Crippen molar-refractivity contribution in [2.45, 2.75) is 44.6 Å². The number of aliphatic hydroxyl groups is 1. The molecule has 0 bridgehead atoms. The predicted molar refractivity (Wildman–Crippen MR) is 47.4 cm³/mol. The van der Waals surface area contributed by atoms with Crippen molar-refractivity contribution in [1.82, 2.24) is 0 Å². The van der Waals surface area contributed by atoms with Crippen molar-refractivity contribution in [3.8, 4) is 0 Å². The molecule has 0 saturated heterocycles. The summed E-state index contributed by atoms with van der Waals surface area (Å²) < 4.78 is 0. The van der Waals surface area contributed by atoms with Gasteiger partial charge in [-0.1, -0.05) is 12.5 Å². The van der Waals surface area contributed by atoms with Gasteiger partial charge >= 0.3 is 0 Å².